The molecule has 0 aliphatic heterocycles. The summed E-state index contributed by atoms with van der Waals surface area (Å²) < 4.78 is 10.6. The summed E-state index contributed by atoms with van der Waals surface area (Å²) in [5, 5.41) is 16.4. The van der Waals surface area contributed by atoms with Crippen molar-refractivity contribution >= 4 is 23.6 Å². The minimum atomic E-state index is -1.21. The van der Waals surface area contributed by atoms with E-state index in [0.717, 1.165) is 0 Å². The van der Waals surface area contributed by atoms with Gasteiger partial charge in [-0.25, -0.2) is 4.79 Å². The number of nitrogens with one attached hydrogen (secondary N) is 2. The van der Waals surface area contributed by atoms with Crippen LogP contribution in [0.25, 0.3) is 0 Å². The molecule has 0 bridgehead atoms. The summed E-state index contributed by atoms with van der Waals surface area (Å²) >= 11 is 0. The van der Waals surface area contributed by atoms with Crippen LogP contribution in [-0.4, -0.2) is 52.2 Å². The number of anilines is 1. The van der Waals surface area contributed by atoms with Gasteiger partial charge in [0.2, 0.25) is 5.91 Å². The molecule has 0 spiro atoms. The van der Waals surface area contributed by atoms with Gasteiger partial charge in [-0.3, -0.25) is 9.59 Å². The molecular formula is C30H43N3O6. The Morgan fingerprint density at radius 1 is 0.974 bits per heavy atom. The van der Waals surface area contributed by atoms with Crippen LogP contribution in [0.3, 0.4) is 0 Å². The number of methoxy groups -OCH3 is 1. The number of hydrogen-bond donors (Lipinski definition) is 3. The third kappa shape index (κ3) is 8.37. The Bertz CT molecular complexity index is 1140. The molecule has 0 saturated heterocycles. The third-order valence-corrected chi connectivity index (χ3v) is 6.46. The smallest absolute Gasteiger partial charge is 0.408 e. The number of rotatable bonds is 10. The van der Waals surface area contributed by atoms with E-state index in [1.54, 1.807) is 70.3 Å². The van der Waals surface area contributed by atoms with Crippen molar-refractivity contribution in [2.45, 2.75) is 85.0 Å². The normalized spacial score (nSPS) is 13.3. The van der Waals surface area contributed by atoms with Gasteiger partial charge >= 0.3 is 6.09 Å². The average molecular weight is 542 g/mol. The number of para-hydroxylation sites is 1. The van der Waals surface area contributed by atoms with E-state index in [-0.39, 0.29) is 17.2 Å². The molecule has 3 N–H and O–H groups in total. The zero-order chi connectivity index (χ0) is 29.5. The van der Waals surface area contributed by atoms with Crippen molar-refractivity contribution in [3.05, 3.63) is 54.1 Å². The Hall–Kier alpha value is -3.75. The van der Waals surface area contributed by atoms with Crippen molar-refractivity contribution in [2.75, 3.05) is 12.4 Å². The molecule has 2 rings (SSSR count). The number of aromatic hydroxyl groups is 1. The molecule has 2 aromatic carbocycles. The second-order valence-electron chi connectivity index (χ2n) is 11.4. The molecule has 0 saturated carbocycles. The molecule has 0 aliphatic rings. The van der Waals surface area contributed by atoms with Crippen molar-refractivity contribution in [2.24, 2.45) is 5.92 Å². The number of nitrogens with zero attached hydrogens (tertiary/aromatic N) is 1. The molecule has 2 atom stereocenters. The number of carbonyl (C=O) groups excluding carboxylic acids is 3. The first-order chi connectivity index (χ1) is 18.1. The van der Waals surface area contributed by atoms with Gasteiger partial charge in [-0.1, -0.05) is 39.0 Å². The van der Waals surface area contributed by atoms with E-state index >= 15 is 0 Å². The molecule has 0 radical (unpaired) electrons. The Labute approximate surface area is 231 Å². The highest BCUT2D eigenvalue weighted by Crippen LogP contribution is 2.37. The fourth-order valence-electron chi connectivity index (χ4n) is 4.04. The molecule has 0 aliphatic carbocycles. The summed E-state index contributed by atoms with van der Waals surface area (Å²) in [6, 6.07) is 11.0. The number of hydrogen-bond acceptors (Lipinski definition) is 6. The van der Waals surface area contributed by atoms with Crippen LogP contribution in [0.5, 0.6) is 11.5 Å². The van der Waals surface area contributed by atoms with Crippen molar-refractivity contribution in [1.29, 1.82) is 0 Å². The van der Waals surface area contributed by atoms with Crippen LogP contribution in [0.2, 0.25) is 0 Å². The molecule has 0 fully saturated rings. The average Bonchev–Trinajstić information content (AvgIpc) is 2.85. The minimum absolute atomic E-state index is 0.127. The van der Waals surface area contributed by atoms with E-state index < -0.39 is 41.1 Å². The van der Waals surface area contributed by atoms with Crippen LogP contribution in [0.4, 0.5) is 10.5 Å². The third-order valence-electron chi connectivity index (χ3n) is 6.46. The number of phenols is 1. The van der Waals surface area contributed by atoms with Crippen LogP contribution < -0.4 is 15.4 Å². The zero-order valence-corrected chi connectivity index (χ0v) is 24.5. The monoisotopic (exact) mass is 541 g/mol. The van der Waals surface area contributed by atoms with Gasteiger partial charge in [0.25, 0.3) is 5.91 Å². The highest BCUT2D eigenvalue weighted by atomic mass is 16.6. The van der Waals surface area contributed by atoms with Gasteiger partial charge in [-0.2, -0.15) is 0 Å². The van der Waals surface area contributed by atoms with Gasteiger partial charge in [0.05, 0.1) is 7.11 Å². The van der Waals surface area contributed by atoms with E-state index in [1.807, 2.05) is 34.6 Å². The number of alkyl carbamates (subject to hydrolysis) is 1. The van der Waals surface area contributed by atoms with E-state index in [1.165, 1.54) is 11.0 Å². The fourth-order valence-corrected chi connectivity index (χ4v) is 4.04. The van der Waals surface area contributed by atoms with Crippen molar-refractivity contribution < 1.29 is 29.0 Å². The number of ether oxygens (including phenoxy) is 2. The lowest BCUT2D eigenvalue weighted by molar-refractivity contribution is -0.148. The predicted molar refractivity (Wildman–Crippen MR) is 152 cm³/mol. The maximum atomic E-state index is 14.3. The SMILES string of the molecule is CCC(C)(C)N(C(=O)C(NC(=O)OC(C)(C)C)C(C)C)C(C(=O)Nc1ccc(OC)cc1)c1ccccc1O. The Morgan fingerprint density at radius 3 is 2.05 bits per heavy atom. The summed E-state index contributed by atoms with van der Waals surface area (Å²) in [5.74, 6) is -0.813. The molecule has 214 valence electrons. The lowest BCUT2D eigenvalue weighted by atomic mass is 9.90. The maximum Gasteiger partial charge on any atom is 0.408 e. The molecule has 3 amide bonds. The molecular weight excluding hydrogens is 498 g/mol. The molecule has 0 aromatic heterocycles. The molecule has 2 unspecified atom stereocenters. The van der Waals surface area contributed by atoms with Crippen LogP contribution in [0.15, 0.2) is 48.5 Å². The molecule has 39 heavy (non-hydrogen) atoms. The summed E-state index contributed by atoms with van der Waals surface area (Å²) in [6.07, 6.45) is -0.235. The van der Waals surface area contributed by atoms with Crippen LogP contribution in [0, 0.1) is 5.92 Å². The van der Waals surface area contributed by atoms with Crippen molar-refractivity contribution in [3.8, 4) is 11.5 Å². The lowest BCUT2D eigenvalue weighted by Gasteiger charge is -2.45. The molecule has 0 heterocycles. The highest BCUT2D eigenvalue weighted by Gasteiger charge is 2.44. The van der Waals surface area contributed by atoms with Crippen molar-refractivity contribution in [3.63, 3.8) is 0 Å². The number of amides is 3. The second-order valence-corrected chi connectivity index (χ2v) is 11.4. The molecule has 9 heteroatoms. The van der Waals surface area contributed by atoms with Crippen molar-refractivity contribution in [1.82, 2.24) is 10.2 Å². The van der Waals surface area contributed by atoms with Gasteiger partial charge in [0.1, 0.15) is 29.2 Å². The summed E-state index contributed by atoms with van der Waals surface area (Å²) in [5.41, 5.74) is -0.842. The highest BCUT2D eigenvalue weighted by molar-refractivity contribution is 5.99. The molecule has 2 aromatic rings. The van der Waals surface area contributed by atoms with E-state index in [4.69, 9.17) is 9.47 Å². The second kappa shape index (κ2) is 12.9. The van der Waals surface area contributed by atoms with Crippen LogP contribution in [-0.2, 0) is 14.3 Å². The Morgan fingerprint density at radius 2 is 1.56 bits per heavy atom. The first-order valence-electron chi connectivity index (χ1n) is 13.2. The number of carbonyl (C=O) groups is 3. The first-order valence-corrected chi connectivity index (χ1v) is 13.2. The van der Waals surface area contributed by atoms with E-state index in [9.17, 15) is 19.5 Å². The van der Waals surface area contributed by atoms with Gasteiger partial charge in [-0.15, -0.1) is 0 Å². The minimum Gasteiger partial charge on any atom is -0.508 e. The number of benzene rings is 2. The molecule has 9 nitrogen and oxygen atoms in total. The Balaban J connectivity index is 2.62. The maximum absolute atomic E-state index is 14.3. The van der Waals surface area contributed by atoms with Crippen LogP contribution >= 0.6 is 0 Å². The summed E-state index contributed by atoms with van der Waals surface area (Å²) in [7, 11) is 1.55. The van der Waals surface area contributed by atoms with E-state index in [2.05, 4.69) is 10.6 Å². The van der Waals surface area contributed by atoms with Gasteiger partial charge in [0.15, 0.2) is 0 Å². The summed E-state index contributed by atoms with van der Waals surface area (Å²) in [6.45, 7) is 14.4. The Kier molecular flexibility index (Phi) is 10.4. The topological polar surface area (TPSA) is 117 Å². The summed E-state index contributed by atoms with van der Waals surface area (Å²) in [4.78, 5) is 42.5. The van der Waals surface area contributed by atoms with Gasteiger partial charge < -0.3 is 30.1 Å². The zero-order valence-electron chi connectivity index (χ0n) is 24.5. The van der Waals surface area contributed by atoms with Crippen LogP contribution in [0.1, 0.15) is 73.4 Å². The van der Waals surface area contributed by atoms with Gasteiger partial charge in [0, 0.05) is 16.8 Å². The fraction of sp³-hybridized carbons (Fsp3) is 0.500. The van der Waals surface area contributed by atoms with E-state index in [0.29, 0.717) is 17.9 Å². The largest absolute Gasteiger partial charge is 0.508 e. The predicted octanol–water partition coefficient (Wildman–Crippen LogP) is 5.65. The van der Waals surface area contributed by atoms with Gasteiger partial charge in [-0.05, 0) is 77.3 Å². The standard InChI is InChI=1S/C30H43N3O6/c1-10-30(7,8)33(27(36)24(19(2)3)32-28(37)39-29(4,5)6)25(22-13-11-12-14-23(22)34)26(35)31-20-15-17-21(38-9)18-16-20/h11-19,24-25,34H,10H2,1-9H3,(H,31,35)(H,32,37). The quantitative estimate of drug-likeness (QED) is 0.358. The first kappa shape index (κ1) is 31.5. The number of phenolic OH excluding ortho intramolecular Hbond substituents is 1. The lowest BCUT2D eigenvalue weighted by Crippen LogP contribution is -2.60.